The average molecular weight is 256 g/mol. The van der Waals surface area contributed by atoms with Gasteiger partial charge in [-0.2, -0.15) is 0 Å². The van der Waals surface area contributed by atoms with Gasteiger partial charge in [0.2, 0.25) is 0 Å². The molecule has 4 N–H and O–H groups in total. The molecule has 0 aliphatic carbocycles. The molecule has 0 saturated heterocycles. The Kier molecular flexibility index (Phi) is 5.56. The van der Waals surface area contributed by atoms with Crippen LogP contribution in [0.15, 0.2) is 24.3 Å². The molecule has 0 amide bonds. The van der Waals surface area contributed by atoms with Gasteiger partial charge in [0.25, 0.3) is 0 Å². The van der Waals surface area contributed by atoms with E-state index in [2.05, 4.69) is 0 Å². The summed E-state index contributed by atoms with van der Waals surface area (Å²) in [7, 11) is 0. The SMILES string of the molecule is O=C(O)C(=O)O.O=C(O)c1ccccc1C(=O)O. The Bertz CT molecular complexity index is 445. The van der Waals surface area contributed by atoms with Crippen molar-refractivity contribution in [3.05, 3.63) is 35.4 Å². The lowest BCUT2D eigenvalue weighted by Crippen LogP contribution is -2.09. The largest absolute Gasteiger partial charge is 0.478 e. The van der Waals surface area contributed by atoms with Crippen LogP contribution < -0.4 is 0 Å². The summed E-state index contributed by atoms with van der Waals surface area (Å²) in [4.78, 5) is 39.1. The maximum Gasteiger partial charge on any atom is 0.414 e. The summed E-state index contributed by atoms with van der Waals surface area (Å²) in [5.41, 5.74) is -0.380. The number of carboxylic acid groups (broad SMARTS) is 4. The number of benzene rings is 1. The van der Waals surface area contributed by atoms with Crippen molar-refractivity contribution in [3.63, 3.8) is 0 Å². The van der Waals surface area contributed by atoms with Crippen LogP contribution in [0.5, 0.6) is 0 Å². The minimum atomic E-state index is -1.82. The zero-order valence-electron chi connectivity index (χ0n) is 8.73. The van der Waals surface area contributed by atoms with Gasteiger partial charge in [-0.25, -0.2) is 19.2 Å². The third-order valence-corrected chi connectivity index (χ3v) is 1.57. The average Bonchev–Trinajstić information content (AvgIpc) is 2.29. The summed E-state index contributed by atoms with van der Waals surface area (Å²) < 4.78 is 0. The highest BCUT2D eigenvalue weighted by Crippen LogP contribution is 2.07. The summed E-state index contributed by atoms with van der Waals surface area (Å²) in [6, 6.07) is 5.48. The topological polar surface area (TPSA) is 149 Å². The fourth-order valence-corrected chi connectivity index (χ4v) is 0.856. The monoisotopic (exact) mass is 256 g/mol. The quantitative estimate of drug-likeness (QED) is 0.549. The van der Waals surface area contributed by atoms with Crippen molar-refractivity contribution in [3.8, 4) is 0 Å². The molecule has 8 nitrogen and oxygen atoms in total. The first kappa shape index (κ1) is 15.1. The lowest BCUT2D eigenvalue weighted by molar-refractivity contribution is -0.159. The zero-order valence-corrected chi connectivity index (χ0v) is 8.73. The van der Waals surface area contributed by atoms with E-state index in [-0.39, 0.29) is 11.1 Å². The van der Waals surface area contributed by atoms with Crippen LogP contribution in [0.4, 0.5) is 0 Å². The van der Waals surface area contributed by atoms with Crippen LogP contribution in [0.25, 0.3) is 0 Å². The van der Waals surface area contributed by atoms with Crippen LogP contribution in [-0.4, -0.2) is 44.3 Å². The first-order chi connectivity index (χ1) is 8.27. The number of rotatable bonds is 2. The number of carbonyl (C=O) groups is 4. The van der Waals surface area contributed by atoms with Crippen LogP contribution in [0.2, 0.25) is 0 Å². The van der Waals surface area contributed by atoms with Gasteiger partial charge in [0.15, 0.2) is 0 Å². The number of hydrogen-bond donors (Lipinski definition) is 4. The molecule has 0 fully saturated rings. The summed E-state index contributed by atoms with van der Waals surface area (Å²) >= 11 is 0. The summed E-state index contributed by atoms with van der Waals surface area (Å²) in [6.07, 6.45) is 0. The van der Waals surface area contributed by atoms with Crippen LogP contribution in [0, 0.1) is 0 Å². The molecule has 0 aliphatic rings. The van der Waals surface area contributed by atoms with Crippen molar-refractivity contribution in [2.24, 2.45) is 0 Å². The number of aliphatic carboxylic acids is 2. The summed E-state index contributed by atoms with van der Waals surface area (Å²) in [6.45, 7) is 0. The highest BCUT2D eigenvalue weighted by Gasteiger charge is 2.13. The lowest BCUT2D eigenvalue weighted by atomic mass is 10.1. The van der Waals surface area contributed by atoms with Gasteiger partial charge in [-0.05, 0) is 12.1 Å². The number of carboxylic acids is 4. The van der Waals surface area contributed by atoms with Crippen LogP contribution in [-0.2, 0) is 9.59 Å². The molecule has 0 saturated carbocycles. The van der Waals surface area contributed by atoms with Gasteiger partial charge < -0.3 is 20.4 Å². The van der Waals surface area contributed by atoms with Gasteiger partial charge >= 0.3 is 23.9 Å². The van der Waals surface area contributed by atoms with Gasteiger partial charge in [0.05, 0.1) is 11.1 Å². The molecule has 0 aliphatic heterocycles. The van der Waals surface area contributed by atoms with E-state index >= 15 is 0 Å². The van der Waals surface area contributed by atoms with Crippen molar-refractivity contribution >= 4 is 23.9 Å². The molecule has 96 valence electrons. The van der Waals surface area contributed by atoms with E-state index in [0.717, 1.165) is 0 Å². The van der Waals surface area contributed by atoms with E-state index in [1.807, 2.05) is 0 Å². The molecule has 0 spiro atoms. The van der Waals surface area contributed by atoms with E-state index in [9.17, 15) is 9.59 Å². The molecule has 8 heteroatoms. The van der Waals surface area contributed by atoms with E-state index in [0.29, 0.717) is 0 Å². The van der Waals surface area contributed by atoms with Crippen molar-refractivity contribution in [1.82, 2.24) is 0 Å². The highest BCUT2D eigenvalue weighted by atomic mass is 16.4. The summed E-state index contributed by atoms with van der Waals surface area (Å²) in [5.74, 6) is -6.11. The second-order valence-corrected chi connectivity index (χ2v) is 2.77. The first-order valence-corrected chi connectivity index (χ1v) is 4.29. The second-order valence-electron chi connectivity index (χ2n) is 2.77. The molecule has 1 aromatic carbocycles. The fourth-order valence-electron chi connectivity index (χ4n) is 0.856. The third-order valence-electron chi connectivity index (χ3n) is 1.57. The van der Waals surface area contributed by atoms with Gasteiger partial charge in [0, 0.05) is 0 Å². The standard InChI is InChI=1S/C8H6O4.C2H2O4/c9-7(10)5-3-1-2-4-6(5)8(11)12;3-1(4)2(5)6/h1-4H,(H,9,10)(H,11,12);(H,3,4)(H,5,6). The van der Waals surface area contributed by atoms with Crippen LogP contribution in [0.3, 0.4) is 0 Å². The fraction of sp³-hybridized carbons (Fsp3) is 0. The van der Waals surface area contributed by atoms with Gasteiger partial charge in [-0.3, -0.25) is 0 Å². The van der Waals surface area contributed by atoms with Crippen molar-refractivity contribution in [1.29, 1.82) is 0 Å². The summed E-state index contributed by atoms with van der Waals surface area (Å²) in [5, 5.41) is 31.9. The van der Waals surface area contributed by atoms with Crippen LogP contribution >= 0.6 is 0 Å². The molecule has 0 heterocycles. The van der Waals surface area contributed by atoms with E-state index in [4.69, 9.17) is 30.0 Å². The number of aromatic carboxylic acids is 2. The van der Waals surface area contributed by atoms with Crippen molar-refractivity contribution in [2.75, 3.05) is 0 Å². The van der Waals surface area contributed by atoms with E-state index < -0.39 is 23.9 Å². The maximum atomic E-state index is 10.5. The Labute approximate surface area is 99.7 Å². The van der Waals surface area contributed by atoms with Gasteiger partial charge in [-0.15, -0.1) is 0 Å². The molecule has 0 aromatic heterocycles. The Hall–Kier alpha value is -2.90. The minimum absolute atomic E-state index is 0.190. The minimum Gasteiger partial charge on any atom is -0.478 e. The Balaban J connectivity index is 0.000000411. The molecule has 0 unspecified atom stereocenters. The Morgan fingerprint density at radius 2 is 0.944 bits per heavy atom. The molecule has 0 atom stereocenters. The predicted molar refractivity (Wildman–Crippen MR) is 55.6 cm³/mol. The molecular weight excluding hydrogens is 248 g/mol. The molecular formula is C10H8O8. The Morgan fingerprint density at radius 3 is 1.11 bits per heavy atom. The zero-order chi connectivity index (χ0) is 14.3. The second kappa shape index (κ2) is 6.63. The normalized spacial score (nSPS) is 8.67. The first-order valence-electron chi connectivity index (χ1n) is 4.29. The predicted octanol–water partition coefficient (Wildman–Crippen LogP) is 0.239. The van der Waals surface area contributed by atoms with Crippen LogP contribution in [0.1, 0.15) is 20.7 Å². The smallest absolute Gasteiger partial charge is 0.414 e. The number of hydrogen-bond acceptors (Lipinski definition) is 4. The van der Waals surface area contributed by atoms with Gasteiger partial charge in [0.1, 0.15) is 0 Å². The molecule has 0 bridgehead atoms. The molecule has 18 heavy (non-hydrogen) atoms. The van der Waals surface area contributed by atoms with Gasteiger partial charge in [-0.1, -0.05) is 12.1 Å². The molecule has 0 radical (unpaired) electrons. The van der Waals surface area contributed by atoms with E-state index in [1.165, 1.54) is 24.3 Å². The molecule has 1 aromatic rings. The lowest BCUT2D eigenvalue weighted by Gasteiger charge is -1.98. The Morgan fingerprint density at radius 1 is 0.667 bits per heavy atom. The van der Waals surface area contributed by atoms with E-state index in [1.54, 1.807) is 0 Å². The third kappa shape index (κ3) is 4.75. The van der Waals surface area contributed by atoms with Crippen molar-refractivity contribution < 1.29 is 39.6 Å². The maximum absolute atomic E-state index is 10.5. The molecule has 1 rings (SSSR count). The highest BCUT2D eigenvalue weighted by molar-refractivity contribution is 6.27. The van der Waals surface area contributed by atoms with Crippen molar-refractivity contribution in [2.45, 2.75) is 0 Å².